The average Bonchev–Trinajstić information content (AvgIpc) is 3.47. The smallest absolute Gasteiger partial charge is 0.410 e. The lowest BCUT2D eigenvalue weighted by Gasteiger charge is -2.24. The number of pyridine rings is 1. The molecule has 3 aromatic heterocycles. The molecule has 1 atom stereocenters. The Morgan fingerprint density at radius 1 is 1.22 bits per heavy atom. The molecule has 0 saturated carbocycles. The van der Waals surface area contributed by atoms with Crippen LogP contribution < -0.4 is 0 Å². The lowest BCUT2D eigenvalue weighted by atomic mass is 10.2. The summed E-state index contributed by atoms with van der Waals surface area (Å²) in [6.45, 7) is 6.77. The topological polar surface area (TPSA) is 112 Å². The Hall–Kier alpha value is -3.18. The van der Waals surface area contributed by atoms with Gasteiger partial charge in [-0.15, -0.1) is 0 Å². The fourth-order valence-electron chi connectivity index (χ4n) is 4.60. The van der Waals surface area contributed by atoms with E-state index in [1.165, 1.54) is 0 Å². The molecule has 4 aromatic rings. The summed E-state index contributed by atoms with van der Waals surface area (Å²) in [5.74, 6) is 0.677. The summed E-state index contributed by atoms with van der Waals surface area (Å²) in [4.78, 5) is 23.4. The molecule has 5 rings (SSSR count). The minimum atomic E-state index is -3.55. The van der Waals surface area contributed by atoms with E-state index in [9.17, 15) is 13.2 Å². The molecule has 1 aromatic carbocycles. The summed E-state index contributed by atoms with van der Waals surface area (Å²) in [5, 5.41) is 5.49. The summed E-state index contributed by atoms with van der Waals surface area (Å²) >= 11 is 6.25. The second kappa shape index (κ2) is 8.74. The summed E-state index contributed by atoms with van der Waals surface area (Å²) < 4.78 is 34.0. The minimum absolute atomic E-state index is 0.00238. The molecule has 1 aliphatic rings. The molecule has 0 aliphatic carbocycles. The third-order valence-electron chi connectivity index (χ3n) is 6.07. The molecule has 190 valence electrons. The molecule has 0 spiro atoms. The number of rotatable bonds is 4. The van der Waals surface area contributed by atoms with Crippen molar-refractivity contribution in [2.24, 2.45) is 0 Å². The van der Waals surface area contributed by atoms with Crippen molar-refractivity contribution in [3.05, 3.63) is 47.5 Å². The quantitative estimate of drug-likeness (QED) is 0.391. The van der Waals surface area contributed by atoms with Gasteiger partial charge in [-0.2, -0.15) is 5.10 Å². The molecule has 1 saturated heterocycles. The first-order chi connectivity index (χ1) is 16.9. The number of halogens is 1. The number of hydrogen-bond donors (Lipinski definition) is 0. The number of benzene rings is 1. The lowest BCUT2D eigenvalue weighted by molar-refractivity contribution is 0.0289. The van der Waals surface area contributed by atoms with E-state index < -0.39 is 15.4 Å². The van der Waals surface area contributed by atoms with Crippen molar-refractivity contribution in [3.63, 3.8) is 0 Å². The van der Waals surface area contributed by atoms with Crippen LogP contribution in [0.25, 0.3) is 21.9 Å². The third-order valence-corrected chi connectivity index (χ3v) is 7.31. The van der Waals surface area contributed by atoms with Gasteiger partial charge in [-0.05, 0) is 51.5 Å². The van der Waals surface area contributed by atoms with Gasteiger partial charge in [0.25, 0.3) is 0 Å². The van der Waals surface area contributed by atoms with Crippen LogP contribution in [-0.4, -0.2) is 68.7 Å². The second-order valence-corrected chi connectivity index (χ2v) is 12.4. The maximum Gasteiger partial charge on any atom is 0.410 e. The SMILES string of the molecule is CC(C)(C)OC(=O)N1CCC(n2c(Cn3nc(S(C)(=O)=O)c4ccncc43)nc3cc(Cl)ccc32)C1. The number of carbonyl (C=O) groups is 1. The van der Waals surface area contributed by atoms with E-state index in [1.54, 1.807) is 40.2 Å². The molecule has 4 heterocycles. The molecule has 1 amide bonds. The van der Waals surface area contributed by atoms with Crippen molar-refractivity contribution in [1.82, 2.24) is 29.2 Å². The first kappa shape index (κ1) is 24.5. The van der Waals surface area contributed by atoms with Crippen LogP contribution >= 0.6 is 11.6 Å². The van der Waals surface area contributed by atoms with Crippen LogP contribution in [0.2, 0.25) is 5.02 Å². The minimum Gasteiger partial charge on any atom is -0.444 e. The molecule has 1 fully saturated rings. The Morgan fingerprint density at radius 3 is 2.72 bits per heavy atom. The largest absolute Gasteiger partial charge is 0.444 e. The Bertz CT molecular complexity index is 1590. The monoisotopic (exact) mass is 530 g/mol. The van der Waals surface area contributed by atoms with Crippen LogP contribution in [-0.2, 0) is 21.1 Å². The average molecular weight is 531 g/mol. The van der Waals surface area contributed by atoms with Crippen LogP contribution in [0.1, 0.15) is 39.1 Å². The van der Waals surface area contributed by atoms with Crippen LogP contribution in [0.5, 0.6) is 0 Å². The molecule has 0 radical (unpaired) electrons. The molecule has 1 aliphatic heterocycles. The first-order valence-electron chi connectivity index (χ1n) is 11.6. The van der Waals surface area contributed by atoms with Crippen LogP contribution in [0.4, 0.5) is 4.79 Å². The van der Waals surface area contributed by atoms with Crippen molar-refractivity contribution in [1.29, 1.82) is 0 Å². The van der Waals surface area contributed by atoms with Gasteiger partial charge in [0, 0.05) is 36.0 Å². The lowest BCUT2D eigenvalue weighted by Crippen LogP contribution is -2.35. The number of amides is 1. The van der Waals surface area contributed by atoms with Gasteiger partial charge in [0.15, 0.2) is 14.9 Å². The zero-order valence-corrected chi connectivity index (χ0v) is 22.0. The van der Waals surface area contributed by atoms with Gasteiger partial charge in [-0.1, -0.05) is 11.6 Å². The molecule has 0 N–H and O–H groups in total. The number of likely N-dealkylation sites (tertiary alicyclic amines) is 1. The van der Waals surface area contributed by atoms with Crippen LogP contribution in [0.3, 0.4) is 0 Å². The fourth-order valence-corrected chi connectivity index (χ4v) is 5.59. The van der Waals surface area contributed by atoms with Crippen molar-refractivity contribution in [2.45, 2.75) is 50.4 Å². The number of fused-ring (bicyclic) bond motifs is 2. The Kier molecular flexibility index (Phi) is 5.95. The Balaban J connectivity index is 1.56. The number of imidazole rings is 1. The number of aromatic nitrogens is 5. The summed E-state index contributed by atoms with van der Waals surface area (Å²) in [7, 11) is -3.55. The number of nitrogens with zero attached hydrogens (tertiary/aromatic N) is 6. The summed E-state index contributed by atoms with van der Waals surface area (Å²) in [5.41, 5.74) is 1.61. The molecule has 0 bridgehead atoms. The highest BCUT2D eigenvalue weighted by atomic mass is 35.5. The number of hydrogen-bond acceptors (Lipinski definition) is 7. The molecular weight excluding hydrogens is 504 g/mol. The highest BCUT2D eigenvalue weighted by molar-refractivity contribution is 7.90. The molecule has 10 nitrogen and oxygen atoms in total. The van der Waals surface area contributed by atoms with Gasteiger partial charge < -0.3 is 14.2 Å². The van der Waals surface area contributed by atoms with Gasteiger partial charge in [0.1, 0.15) is 11.4 Å². The molecular formula is C24H27ClN6O4S. The van der Waals surface area contributed by atoms with E-state index >= 15 is 0 Å². The van der Waals surface area contributed by atoms with E-state index in [0.29, 0.717) is 40.4 Å². The van der Waals surface area contributed by atoms with E-state index in [-0.39, 0.29) is 23.7 Å². The van der Waals surface area contributed by atoms with Gasteiger partial charge >= 0.3 is 6.09 Å². The first-order valence-corrected chi connectivity index (χ1v) is 13.8. The van der Waals surface area contributed by atoms with E-state index in [1.807, 2.05) is 26.8 Å². The van der Waals surface area contributed by atoms with Crippen molar-refractivity contribution < 1.29 is 17.9 Å². The second-order valence-electron chi connectivity index (χ2n) is 10.0. The zero-order valence-electron chi connectivity index (χ0n) is 20.5. The number of carbonyl (C=O) groups excluding carboxylic acids is 1. The number of sulfone groups is 1. The van der Waals surface area contributed by atoms with Crippen molar-refractivity contribution in [2.75, 3.05) is 19.3 Å². The maximum atomic E-state index is 12.7. The van der Waals surface area contributed by atoms with Gasteiger partial charge in [-0.25, -0.2) is 18.2 Å². The zero-order chi connectivity index (χ0) is 25.8. The maximum absolute atomic E-state index is 12.7. The van der Waals surface area contributed by atoms with Crippen molar-refractivity contribution in [3.8, 4) is 0 Å². The van der Waals surface area contributed by atoms with Crippen LogP contribution in [0.15, 0.2) is 41.7 Å². The fraction of sp³-hybridized carbons (Fsp3) is 0.417. The Labute approximate surface area is 213 Å². The van der Waals surface area contributed by atoms with Gasteiger partial charge in [-0.3, -0.25) is 9.67 Å². The normalized spacial score (nSPS) is 16.8. The standard InChI is InChI=1S/C24H27ClN6O4S/c1-24(2,3)35-23(32)29-10-8-16(13-29)31-19-6-5-15(25)11-18(19)27-21(31)14-30-20-12-26-9-7-17(20)22(28-30)36(4,33)34/h5-7,9,11-12,16H,8,10,13-14H2,1-4H3. The predicted octanol–water partition coefficient (Wildman–Crippen LogP) is 4.07. The highest BCUT2D eigenvalue weighted by Crippen LogP contribution is 2.31. The third kappa shape index (κ3) is 4.64. The highest BCUT2D eigenvalue weighted by Gasteiger charge is 2.33. The molecule has 36 heavy (non-hydrogen) atoms. The van der Waals surface area contributed by atoms with Gasteiger partial charge in [0.2, 0.25) is 0 Å². The predicted molar refractivity (Wildman–Crippen MR) is 136 cm³/mol. The van der Waals surface area contributed by atoms with Crippen molar-refractivity contribution >= 4 is 49.5 Å². The summed E-state index contributed by atoms with van der Waals surface area (Å²) in [6, 6.07) is 7.11. The number of ether oxygens (including phenoxy) is 1. The van der Waals surface area contributed by atoms with E-state index in [4.69, 9.17) is 21.3 Å². The van der Waals surface area contributed by atoms with Crippen LogP contribution in [0, 0.1) is 0 Å². The molecule has 1 unspecified atom stereocenters. The summed E-state index contributed by atoms with van der Waals surface area (Å²) in [6.07, 6.45) is 4.66. The van der Waals surface area contributed by atoms with Gasteiger partial charge in [0.05, 0.1) is 35.3 Å². The van der Waals surface area contributed by atoms with E-state index in [2.05, 4.69) is 14.6 Å². The van der Waals surface area contributed by atoms with E-state index in [0.717, 1.165) is 18.2 Å². The Morgan fingerprint density at radius 2 is 2.00 bits per heavy atom. The molecule has 12 heteroatoms.